The van der Waals surface area contributed by atoms with Gasteiger partial charge in [0.1, 0.15) is 5.78 Å². The van der Waals surface area contributed by atoms with Crippen molar-refractivity contribution in [3.05, 3.63) is 46.6 Å². The SMILES string of the molecule is CC(=CCCC(=O)CCC=C(C)C1=CCCCC1)C1=CCCCC1. The predicted molar refractivity (Wildman–Crippen MR) is 104 cm³/mol. The summed E-state index contributed by atoms with van der Waals surface area (Å²) >= 11 is 0. The summed E-state index contributed by atoms with van der Waals surface area (Å²) in [7, 11) is 0. The first kappa shape index (κ1) is 19.0. The Balaban J connectivity index is 1.67. The lowest BCUT2D eigenvalue weighted by atomic mass is 9.93. The Bertz CT molecular complexity index is 494. The predicted octanol–water partition coefficient (Wildman–Crippen LogP) is 7.01. The Morgan fingerprint density at radius 3 is 1.67 bits per heavy atom. The molecule has 0 fully saturated rings. The Morgan fingerprint density at radius 2 is 1.29 bits per heavy atom. The van der Waals surface area contributed by atoms with Gasteiger partial charge in [-0.1, -0.05) is 35.5 Å². The van der Waals surface area contributed by atoms with E-state index < -0.39 is 0 Å². The van der Waals surface area contributed by atoms with E-state index in [0.717, 1.165) is 12.8 Å². The Morgan fingerprint density at radius 1 is 0.833 bits per heavy atom. The van der Waals surface area contributed by atoms with Gasteiger partial charge in [-0.3, -0.25) is 4.79 Å². The first-order valence-corrected chi connectivity index (χ1v) is 9.91. The van der Waals surface area contributed by atoms with Crippen molar-refractivity contribution < 1.29 is 4.79 Å². The second-order valence-corrected chi connectivity index (χ2v) is 7.34. The second kappa shape index (κ2) is 10.5. The van der Waals surface area contributed by atoms with Gasteiger partial charge in [0.05, 0.1) is 0 Å². The van der Waals surface area contributed by atoms with Gasteiger partial charge in [0.15, 0.2) is 0 Å². The fourth-order valence-corrected chi connectivity index (χ4v) is 3.68. The van der Waals surface area contributed by atoms with Gasteiger partial charge in [0.25, 0.3) is 0 Å². The zero-order valence-corrected chi connectivity index (χ0v) is 15.7. The molecule has 0 unspecified atom stereocenters. The summed E-state index contributed by atoms with van der Waals surface area (Å²) in [6.45, 7) is 4.40. The molecule has 0 heterocycles. The third kappa shape index (κ3) is 6.63. The highest BCUT2D eigenvalue weighted by Crippen LogP contribution is 2.25. The third-order valence-electron chi connectivity index (χ3n) is 5.34. The van der Waals surface area contributed by atoms with Gasteiger partial charge in [-0.15, -0.1) is 0 Å². The van der Waals surface area contributed by atoms with E-state index in [1.165, 1.54) is 73.7 Å². The molecular weight excluding hydrogens is 292 g/mol. The number of allylic oxidation sites excluding steroid dienone is 8. The fourth-order valence-electron chi connectivity index (χ4n) is 3.68. The molecule has 2 aliphatic carbocycles. The average Bonchev–Trinajstić information content (AvgIpc) is 2.63. The van der Waals surface area contributed by atoms with Crippen LogP contribution in [0.2, 0.25) is 0 Å². The van der Waals surface area contributed by atoms with Crippen LogP contribution in [0.4, 0.5) is 0 Å². The molecule has 0 bridgehead atoms. The van der Waals surface area contributed by atoms with E-state index in [1.54, 1.807) is 0 Å². The van der Waals surface area contributed by atoms with Crippen LogP contribution in [0.1, 0.15) is 90.9 Å². The highest BCUT2D eigenvalue weighted by Gasteiger charge is 2.07. The summed E-state index contributed by atoms with van der Waals surface area (Å²) < 4.78 is 0. The van der Waals surface area contributed by atoms with Crippen molar-refractivity contribution in [1.82, 2.24) is 0 Å². The quantitative estimate of drug-likeness (QED) is 0.469. The normalized spacial score (nSPS) is 19.8. The zero-order valence-electron chi connectivity index (χ0n) is 15.7. The topological polar surface area (TPSA) is 17.1 Å². The average molecular weight is 327 g/mol. The van der Waals surface area contributed by atoms with E-state index in [-0.39, 0.29) is 0 Å². The van der Waals surface area contributed by atoms with Crippen LogP contribution in [-0.2, 0) is 4.79 Å². The number of carbonyl (C=O) groups is 1. The van der Waals surface area contributed by atoms with E-state index in [2.05, 4.69) is 38.2 Å². The molecule has 0 aliphatic heterocycles. The van der Waals surface area contributed by atoms with Crippen LogP contribution in [0.25, 0.3) is 0 Å². The summed E-state index contributed by atoms with van der Waals surface area (Å²) in [5.74, 6) is 0.401. The van der Waals surface area contributed by atoms with Gasteiger partial charge in [-0.2, -0.15) is 0 Å². The zero-order chi connectivity index (χ0) is 17.2. The number of ketones is 1. The molecule has 2 aliphatic rings. The maximum atomic E-state index is 12.1. The molecule has 0 saturated carbocycles. The highest BCUT2D eigenvalue weighted by molar-refractivity contribution is 5.78. The van der Waals surface area contributed by atoms with Crippen molar-refractivity contribution in [1.29, 1.82) is 0 Å². The molecule has 0 aromatic heterocycles. The summed E-state index contributed by atoms with van der Waals surface area (Å²) in [5.41, 5.74) is 5.80. The minimum absolute atomic E-state index is 0.401. The van der Waals surface area contributed by atoms with Gasteiger partial charge < -0.3 is 0 Å². The third-order valence-corrected chi connectivity index (χ3v) is 5.34. The molecular formula is C23H34O. The molecule has 1 nitrogen and oxygen atoms in total. The highest BCUT2D eigenvalue weighted by atomic mass is 16.1. The molecule has 0 amide bonds. The van der Waals surface area contributed by atoms with Gasteiger partial charge in [0, 0.05) is 12.8 Å². The number of rotatable bonds is 8. The summed E-state index contributed by atoms with van der Waals surface area (Å²) in [5, 5.41) is 0. The molecule has 1 heteroatoms. The van der Waals surface area contributed by atoms with Crippen LogP contribution in [0.15, 0.2) is 46.6 Å². The number of hydrogen-bond acceptors (Lipinski definition) is 1. The van der Waals surface area contributed by atoms with Crippen molar-refractivity contribution in [2.75, 3.05) is 0 Å². The van der Waals surface area contributed by atoms with E-state index in [1.807, 2.05) is 0 Å². The Hall–Kier alpha value is -1.37. The molecule has 0 N–H and O–H groups in total. The van der Waals surface area contributed by atoms with Gasteiger partial charge >= 0.3 is 0 Å². The summed E-state index contributed by atoms with van der Waals surface area (Å²) in [6.07, 6.45) is 22.7. The maximum Gasteiger partial charge on any atom is 0.133 e. The fraction of sp³-hybridized carbons (Fsp3) is 0.609. The summed E-state index contributed by atoms with van der Waals surface area (Å²) in [4.78, 5) is 12.1. The molecule has 132 valence electrons. The van der Waals surface area contributed by atoms with Crippen LogP contribution in [0.3, 0.4) is 0 Å². The van der Waals surface area contributed by atoms with Crippen molar-refractivity contribution in [2.24, 2.45) is 0 Å². The van der Waals surface area contributed by atoms with Crippen molar-refractivity contribution >= 4 is 5.78 Å². The first-order valence-electron chi connectivity index (χ1n) is 9.91. The van der Waals surface area contributed by atoms with Gasteiger partial charge in [0.2, 0.25) is 0 Å². The van der Waals surface area contributed by atoms with Gasteiger partial charge in [-0.05, 0) is 89.2 Å². The number of Topliss-reactive ketones (excluding diaryl/α,β-unsaturated/α-hetero) is 1. The van der Waals surface area contributed by atoms with Crippen LogP contribution in [-0.4, -0.2) is 5.78 Å². The maximum absolute atomic E-state index is 12.1. The molecule has 0 atom stereocenters. The second-order valence-electron chi connectivity index (χ2n) is 7.34. The van der Waals surface area contributed by atoms with E-state index >= 15 is 0 Å². The lowest BCUT2D eigenvalue weighted by molar-refractivity contribution is -0.118. The van der Waals surface area contributed by atoms with Crippen LogP contribution >= 0.6 is 0 Å². The lowest BCUT2D eigenvalue weighted by Gasteiger charge is -2.13. The molecule has 24 heavy (non-hydrogen) atoms. The monoisotopic (exact) mass is 326 g/mol. The minimum Gasteiger partial charge on any atom is -0.300 e. The van der Waals surface area contributed by atoms with Crippen LogP contribution in [0.5, 0.6) is 0 Å². The molecule has 0 spiro atoms. The van der Waals surface area contributed by atoms with Crippen molar-refractivity contribution in [3.8, 4) is 0 Å². The first-order chi connectivity index (χ1) is 11.7. The number of hydrogen-bond donors (Lipinski definition) is 0. The molecule has 0 saturated heterocycles. The Kier molecular flexibility index (Phi) is 8.28. The van der Waals surface area contributed by atoms with E-state index in [0.29, 0.717) is 18.6 Å². The Labute approximate surface area is 148 Å². The van der Waals surface area contributed by atoms with Gasteiger partial charge in [-0.25, -0.2) is 0 Å². The van der Waals surface area contributed by atoms with Crippen LogP contribution < -0.4 is 0 Å². The standard InChI is InChI=1S/C23H34O/c1-19(21-13-5-3-6-14-21)11-9-17-23(24)18-10-12-20(2)22-15-7-4-8-16-22/h11-13,15H,3-10,14,16-18H2,1-2H3. The smallest absolute Gasteiger partial charge is 0.133 e. The molecule has 0 aromatic rings. The number of carbonyl (C=O) groups excluding carboxylic acids is 1. The summed E-state index contributed by atoms with van der Waals surface area (Å²) in [6, 6.07) is 0. The van der Waals surface area contributed by atoms with Crippen LogP contribution in [0, 0.1) is 0 Å². The van der Waals surface area contributed by atoms with E-state index in [9.17, 15) is 4.79 Å². The lowest BCUT2D eigenvalue weighted by Crippen LogP contribution is -1.98. The van der Waals surface area contributed by atoms with Crippen molar-refractivity contribution in [3.63, 3.8) is 0 Å². The molecule has 0 radical (unpaired) electrons. The molecule has 0 aromatic carbocycles. The molecule has 2 rings (SSSR count). The minimum atomic E-state index is 0.401. The van der Waals surface area contributed by atoms with Crippen molar-refractivity contribution in [2.45, 2.75) is 90.9 Å². The largest absolute Gasteiger partial charge is 0.300 e. The van der Waals surface area contributed by atoms with E-state index in [4.69, 9.17) is 0 Å².